The topological polar surface area (TPSA) is 70.4 Å². The molecule has 2 rings (SSSR count). The van der Waals surface area contributed by atoms with E-state index in [1.54, 1.807) is 25.1 Å². The Morgan fingerprint density at radius 3 is 2.59 bits per heavy atom. The second-order valence-corrected chi connectivity index (χ2v) is 3.79. The van der Waals surface area contributed by atoms with Crippen LogP contribution >= 0.6 is 0 Å². The van der Waals surface area contributed by atoms with Crippen LogP contribution in [0.15, 0.2) is 24.3 Å². The van der Waals surface area contributed by atoms with Gasteiger partial charge < -0.3 is 10.2 Å². The van der Waals surface area contributed by atoms with Crippen molar-refractivity contribution in [1.82, 2.24) is 4.98 Å². The fourth-order valence-electron chi connectivity index (χ4n) is 1.63. The van der Waals surface area contributed by atoms with Crippen LogP contribution in [-0.4, -0.2) is 21.2 Å². The second-order valence-electron chi connectivity index (χ2n) is 3.79. The van der Waals surface area contributed by atoms with E-state index in [0.29, 0.717) is 16.0 Å². The van der Waals surface area contributed by atoms with Crippen molar-refractivity contribution >= 4 is 29.2 Å². The molecule has 0 atom stereocenters. The maximum Gasteiger partial charge on any atom is 0.354 e. The van der Waals surface area contributed by atoms with E-state index in [2.05, 4.69) is 11.6 Å². The van der Waals surface area contributed by atoms with E-state index < -0.39 is 5.97 Å². The molecule has 0 saturated carbocycles. The fourth-order valence-corrected chi connectivity index (χ4v) is 1.63. The number of aromatic nitrogens is 1. The molecule has 2 aromatic rings. The summed E-state index contributed by atoms with van der Waals surface area (Å²) < 4.78 is 0. The predicted octanol–water partition coefficient (Wildman–Crippen LogP) is 1.03. The van der Waals surface area contributed by atoms with Gasteiger partial charge >= 0.3 is 5.97 Å². The van der Waals surface area contributed by atoms with Crippen molar-refractivity contribution < 1.29 is 15.0 Å². The molecule has 4 heteroatoms. The van der Waals surface area contributed by atoms with E-state index in [4.69, 9.17) is 5.11 Å². The molecule has 0 aliphatic carbocycles. The zero-order valence-electron chi connectivity index (χ0n) is 9.27. The molecule has 0 fully saturated rings. The zero-order valence-corrected chi connectivity index (χ0v) is 9.27. The highest BCUT2D eigenvalue weighted by atomic mass is 16.4. The summed E-state index contributed by atoms with van der Waals surface area (Å²) in [5.41, 5.74) is 0.528. The maximum absolute atomic E-state index is 10.8. The quantitative estimate of drug-likeness (QED) is 0.766. The zero-order chi connectivity index (χ0) is 12.6. The van der Waals surface area contributed by atoms with Gasteiger partial charge in [0.1, 0.15) is 5.69 Å². The summed E-state index contributed by atoms with van der Waals surface area (Å²) in [6.07, 6.45) is 0. The minimum Gasteiger partial charge on any atom is -0.512 e. The number of rotatable bonds is 1. The molecule has 17 heavy (non-hydrogen) atoms. The number of nitrogens with zero attached hydrogens (tertiary/aromatic N) is 1. The van der Waals surface area contributed by atoms with Crippen molar-refractivity contribution in [2.45, 2.75) is 6.92 Å². The minimum absolute atomic E-state index is 0.0278. The fraction of sp³-hybridized carbons (Fsp3) is 0.0769. The van der Waals surface area contributed by atoms with E-state index in [9.17, 15) is 9.90 Å². The second kappa shape index (κ2) is 3.90. The lowest BCUT2D eigenvalue weighted by atomic mass is 10.1. The van der Waals surface area contributed by atoms with Gasteiger partial charge in [0.25, 0.3) is 0 Å². The molecular weight excluding hydrogens is 218 g/mol. The Morgan fingerprint density at radius 1 is 1.29 bits per heavy atom. The van der Waals surface area contributed by atoms with Gasteiger partial charge in [0, 0.05) is 10.6 Å². The number of fused-ring (bicyclic) bond motifs is 1. The van der Waals surface area contributed by atoms with Crippen LogP contribution in [0.3, 0.4) is 0 Å². The molecule has 1 heterocycles. The molecule has 2 N–H and O–H groups in total. The van der Waals surface area contributed by atoms with Gasteiger partial charge in [0.2, 0.25) is 0 Å². The molecule has 86 valence electrons. The highest BCUT2D eigenvalue weighted by Gasteiger charge is 2.06. The molecule has 1 aromatic carbocycles. The number of hydrogen-bond acceptors (Lipinski definition) is 3. The third kappa shape index (κ3) is 1.97. The summed E-state index contributed by atoms with van der Waals surface area (Å²) in [5.74, 6) is -0.876. The Morgan fingerprint density at radius 2 is 2.00 bits per heavy atom. The van der Waals surface area contributed by atoms with Crippen molar-refractivity contribution in [2.24, 2.45) is 0 Å². The van der Waals surface area contributed by atoms with Gasteiger partial charge in [-0.2, -0.15) is 0 Å². The lowest BCUT2D eigenvalue weighted by molar-refractivity contribution is 0.0691. The SMILES string of the molecule is C=c1cc(C(=O)O)nc2cc/c(=C(\C)O)cc12. The molecule has 0 saturated heterocycles. The normalized spacial score (nSPS) is 12.5. The van der Waals surface area contributed by atoms with Crippen LogP contribution in [-0.2, 0) is 0 Å². The molecule has 0 aliphatic rings. The number of carbonyl (C=O) groups is 1. The molecule has 0 spiro atoms. The average Bonchev–Trinajstić information content (AvgIpc) is 2.28. The number of benzene rings is 1. The van der Waals surface area contributed by atoms with Crippen LogP contribution in [0.4, 0.5) is 0 Å². The number of aliphatic hydroxyl groups is 1. The first-order valence-corrected chi connectivity index (χ1v) is 5.02. The molecule has 1 aromatic heterocycles. The highest BCUT2D eigenvalue weighted by Crippen LogP contribution is 2.05. The highest BCUT2D eigenvalue weighted by molar-refractivity contribution is 5.90. The van der Waals surface area contributed by atoms with E-state index in [1.165, 1.54) is 6.07 Å². The number of carboxylic acid groups (broad SMARTS) is 1. The number of carboxylic acids is 1. The third-order valence-corrected chi connectivity index (χ3v) is 2.53. The lowest BCUT2D eigenvalue weighted by Crippen LogP contribution is -2.12. The smallest absolute Gasteiger partial charge is 0.354 e. The van der Waals surface area contributed by atoms with E-state index in [1.807, 2.05) is 0 Å². The number of aromatic carboxylic acids is 1. The molecule has 0 radical (unpaired) electrons. The van der Waals surface area contributed by atoms with E-state index >= 15 is 0 Å². The monoisotopic (exact) mass is 229 g/mol. The van der Waals surface area contributed by atoms with Gasteiger partial charge in [-0.25, -0.2) is 9.78 Å². The minimum atomic E-state index is -1.08. The van der Waals surface area contributed by atoms with Crippen molar-refractivity contribution in [2.75, 3.05) is 0 Å². The molecule has 0 bridgehead atoms. The Balaban J connectivity index is 2.87. The summed E-state index contributed by atoms with van der Waals surface area (Å²) in [6, 6.07) is 6.52. The number of pyridine rings is 1. The Kier molecular flexibility index (Phi) is 2.55. The summed E-state index contributed by atoms with van der Waals surface area (Å²) in [5, 5.41) is 20.3. The van der Waals surface area contributed by atoms with Crippen LogP contribution in [0, 0.1) is 0 Å². The molecule has 0 unspecified atom stereocenters. The molecule has 0 amide bonds. The Hall–Kier alpha value is -2.36. The van der Waals surface area contributed by atoms with Gasteiger partial charge in [-0.1, -0.05) is 6.58 Å². The number of aliphatic hydroxyl groups excluding tert-OH is 1. The van der Waals surface area contributed by atoms with Crippen LogP contribution in [0.25, 0.3) is 23.2 Å². The third-order valence-electron chi connectivity index (χ3n) is 2.53. The van der Waals surface area contributed by atoms with Gasteiger partial charge in [-0.05, 0) is 36.4 Å². The average molecular weight is 229 g/mol. The van der Waals surface area contributed by atoms with Crippen molar-refractivity contribution in [3.63, 3.8) is 0 Å². The first-order valence-electron chi connectivity index (χ1n) is 5.02. The Labute approximate surface area is 97.2 Å². The van der Waals surface area contributed by atoms with Crippen LogP contribution in [0.2, 0.25) is 0 Å². The van der Waals surface area contributed by atoms with Gasteiger partial charge in [0.05, 0.1) is 11.3 Å². The van der Waals surface area contributed by atoms with Crippen molar-refractivity contribution in [1.29, 1.82) is 0 Å². The van der Waals surface area contributed by atoms with Gasteiger partial charge in [-0.3, -0.25) is 0 Å². The standard InChI is InChI=1S/C13H11NO3/c1-7-5-12(13(16)17)14-11-4-3-9(8(2)15)6-10(7)11/h3-6,15H,1H2,2H3,(H,16,17)/b9-8-. The van der Waals surface area contributed by atoms with Crippen molar-refractivity contribution in [3.8, 4) is 0 Å². The maximum atomic E-state index is 10.8. The van der Waals surface area contributed by atoms with Crippen LogP contribution < -0.4 is 10.4 Å². The first-order chi connectivity index (χ1) is 7.99. The van der Waals surface area contributed by atoms with Crippen molar-refractivity contribution in [3.05, 3.63) is 40.4 Å². The largest absolute Gasteiger partial charge is 0.512 e. The summed E-state index contributed by atoms with van der Waals surface area (Å²) in [4.78, 5) is 14.8. The van der Waals surface area contributed by atoms with Crippen LogP contribution in [0.5, 0.6) is 0 Å². The van der Waals surface area contributed by atoms with Gasteiger partial charge in [0.15, 0.2) is 0 Å². The van der Waals surface area contributed by atoms with Crippen LogP contribution in [0.1, 0.15) is 17.4 Å². The lowest BCUT2D eigenvalue weighted by Gasteiger charge is -2.01. The Bertz CT molecular complexity index is 715. The predicted molar refractivity (Wildman–Crippen MR) is 65.2 cm³/mol. The van der Waals surface area contributed by atoms with E-state index in [-0.39, 0.29) is 11.5 Å². The summed E-state index contributed by atoms with van der Waals surface area (Å²) in [6.45, 7) is 5.38. The summed E-state index contributed by atoms with van der Waals surface area (Å²) in [7, 11) is 0. The van der Waals surface area contributed by atoms with E-state index in [0.717, 1.165) is 5.39 Å². The summed E-state index contributed by atoms with van der Waals surface area (Å²) >= 11 is 0. The van der Waals surface area contributed by atoms with Gasteiger partial charge in [-0.15, -0.1) is 0 Å². The molecular formula is C13H11NO3. The first kappa shape index (κ1) is 11.1. The molecule has 0 aliphatic heterocycles. The number of hydrogen-bond donors (Lipinski definition) is 2. The molecule has 4 nitrogen and oxygen atoms in total.